The second-order valence-corrected chi connectivity index (χ2v) is 5.58. The smallest absolute Gasteiger partial charge is 0.323 e. The van der Waals surface area contributed by atoms with Crippen molar-refractivity contribution in [2.45, 2.75) is 51.9 Å². The van der Waals surface area contributed by atoms with E-state index in [2.05, 4.69) is 32.5 Å². The highest BCUT2D eigenvalue weighted by Crippen LogP contribution is 2.28. The Bertz CT molecular complexity index is 421. The lowest BCUT2D eigenvalue weighted by Gasteiger charge is -2.10. The average molecular weight is 293 g/mol. The van der Waals surface area contributed by atoms with Crippen LogP contribution in [0.4, 0.5) is 11.9 Å². The molecule has 6 nitrogen and oxygen atoms in total. The molecule has 0 spiro atoms. The van der Waals surface area contributed by atoms with E-state index in [9.17, 15) is 0 Å². The molecule has 0 saturated heterocycles. The van der Waals surface area contributed by atoms with Crippen molar-refractivity contribution in [3.8, 4) is 6.01 Å². The predicted octanol–water partition coefficient (Wildman–Crippen LogP) is 3.08. The number of nitrogens with one attached hydrogen (secondary N) is 2. The van der Waals surface area contributed by atoms with Gasteiger partial charge < -0.3 is 15.4 Å². The molecule has 0 unspecified atom stereocenters. The second kappa shape index (κ2) is 8.64. The van der Waals surface area contributed by atoms with Crippen molar-refractivity contribution < 1.29 is 4.74 Å². The third kappa shape index (κ3) is 5.36. The topological polar surface area (TPSA) is 72.0 Å². The van der Waals surface area contributed by atoms with Crippen molar-refractivity contribution in [1.29, 1.82) is 0 Å². The lowest BCUT2D eigenvalue weighted by molar-refractivity contribution is 0.292. The summed E-state index contributed by atoms with van der Waals surface area (Å²) in [5.74, 6) is 2.06. The van der Waals surface area contributed by atoms with Gasteiger partial charge in [0.2, 0.25) is 11.9 Å². The summed E-state index contributed by atoms with van der Waals surface area (Å²) in [5, 5.41) is 6.22. The van der Waals surface area contributed by atoms with Crippen LogP contribution in [0.15, 0.2) is 0 Å². The minimum atomic E-state index is 0.384. The van der Waals surface area contributed by atoms with Gasteiger partial charge in [0.1, 0.15) is 0 Å². The van der Waals surface area contributed by atoms with Gasteiger partial charge in [-0.25, -0.2) is 0 Å². The van der Waals surface area contributed by atoms with E-state index in [0.29, 0.717) is 24.5 Å². The normalized spacial score (nSPS) is 15.1. The van der Waals surface area contributed by atoms with Gasteiger partial charge in [-0.15, -0.1) is 0 Å². The molecule has 0 aromatic carbocycles. The molecule has 0 atom stereocenters. The highest BCUT2D eigenvalue weighted by Gasteiger charge is 2.14. The SMILES string of the molecule is CCCOc1nc(NC)nc(NCCCC2CCCC2)n1. The van der Waals surface area contributed by atoms with E-state index in [4.69, 9.17) is 4.74 Å². The molecule has 0 radical (unpaired) electrons. The quantitative estimate of drug-likeness (QED) is 0.682. The molecule has 0 bridgehead atoms. The molecule has 1 fully saturated rings. The second-order valence-electron chi connectivity index (χ2n) is 5.58. The van der Waals surface area contributed by atoms with E-state index in [-0.39, 0.29) is 0 Å². The van der Waals surface area contributed by atoms with Gasteiger partial charge in [-0.3, -0.25) is 0 Å². The Hall–Kier alpha value is -1.59. The van der Waals surface area contributed by atoms with Gasteiger partial charge in [0.15, 0.2) is 0 Å². The van der Waals surface area contributed by atoms with Gasteiger partial charge >= 0.3 is 6.01 Å². The van der Waals surface area contributed by atoms with Crippen LogP contribution < -0.4 is 15.4 Å². The Labute approximate surface area is 127 Å². The maximum atomic E-state index is 5.48. The fourth-order valence-corrected chi connectivity index (χ4v) is 2.70. The summed E-state index contributed by atoms with van der Waals surface area (Å²) in [7, 11) is 1.79. The molecule has 1 aliphatic rings. The van der Waals surface area contributed by atoms with Crippen LogP contribution in [0, 0.1) is 5.92 Å². The number of nitrogens with zero attached hydrogens (tertiary/aromatic N) is 3. The molecule has 1 aromatic rings. The molecule has 2 N–H and O–H groups in total. The lowest BCUT2D eigenvalue weighted by atomic mass is 10.0. The first-order valence-electron chi connectivity index (χ1n) is 8.12. The van der Waals surface area contributed by atoms with Crippen LogP contribution in [0.25, 0.3) is 0 Å². The third-order valence-corrected chi connectivity index (χ3v) is 3.82. The van der Waals surface area contributed by atoms with E-state index in [0.717, 1.165) is 25.3 Å². The van der Waals surface area contributed by atoms with E-state index in [1.54, 1.807) is 7.05 Å². The maximum Gasteiger partial charge on any atom is 0.323 e. The molecule has 2 rings (SSSR count). The Morgan fingerprint density at radius 1 is 1.14 bits per heavy atom. The Morgan fingerprint density at radius 3 is 2.62 bits per heavy atom. The van der Waals surface area contributed by atoms with Gasteiger partial charge in [0.05, 0.1) is 6.61 Å². The van der Waals surface area contributed by atoms with Gasteiger partial charge in [0, 0.05) is 13.6 Å². The molecule has 1 saturated carbocycles. The Kier molecular flexibility index (Phi) is 6.50. The fraction of sp³-hybridized carbons (Fsp3) is 0.800. The van der Waals surface area contributed by atoms with Crippen molar-refractivity contribution in [2.24, 2.45) is 5.92 Å². The maximum absolute atomic E-state index is 5.48. The molecule has 21 heavy (non-hydrogen) atoms. The van der Waals surface area contributed by atoms with Gasteiger partial charge in [-0.1, -0.05) is 32.6 Å². The molecular formula is C15H27N5O. The monoisotopic (exact) mass is 293 g/mol. The zero-order valence-electron chi connectivity index (χ0n) is 13.2. The molecular weight excluding hydrogens is 266 g/mol. The van der Waals surface area contributed by atoms with Crippen LogP contribution in [0.3, 0.4) is 0 Å². The van der Waals surface area contributed by atoms with Crippen molar-refractivity contribution >= 4 is 11.9 Å². The number of hydrogen-bond donors (Lipinski definition) is 2. The number of anilines is 2. The standard InChI is InChI=1S/C15H27N5O/c1-3-11-21-15-19-13(16-2)18-14(20-15)17-10-6-9-12-7-4-5-8-12/h12H,3-11H2,1-2H3,(H2,16,17,18,19,20). The Morgan fingerprint density at radius 2 is 1.90 bits per heavy atom. The highest BCUT2D eigenvalue weighted by molar-refractivity contribution is 5.35. The number of aromatic nitrogens is 3. The first-order chi connectivity index (χ1) is 10.3. The van der Waals surface area contributed by atoms with Gasteiger partial charge in [-0.2, -0.15) is 15.0 Å². The van der Waals surface area contributed by atoms with Gasteiger partial charge in [0.25, 0.3) is 0 Å². The van der Waals surface area contributed by atoms with Crippen LogP contribution in [0.1, 0.15) is 51.9 Å². The van der Waals surface area contributed by atoms with E-state index in [1.165, 1.54) is 32.1 Å². The van der Waals surface area contributed by atoms with E-state index in [1.807, 2.05) is 0 Å². The minimum Gasteiger partial charge on any atom is -0.463 e. The largest absolute Gasteiger partial charge is 0.463 e. The van der Waals surface area contributed by atoms with Crippen molar-refractivity contribution in [3.05, 3.63) is 0 Å². The van der Waals surface area contributed by atoms with Crippen LogP contribution >= 0.6 is 0 Å². The summed E-state index contributed by atoms with van der Waals surface area (Å²) in [6, 6.07) is 0.384. The van der Waals surface area contributed by atoms with Crippen LogP contribution in [0.5, 0.6) is 6.01 Å². The molecule has 118 valence electrons. The minimum absolute atomic E-state index is 0.384. The zero-order chi connectivity index (χ0) is 14.9. The fourth-order valence-electron chi connectivity index (χ4n) is 2.70. The van der Waals surface area contributed by atoms with Crippen molar-refractivity contribution in [2.75, 3.05) is 30.8 Å². The van der Waals surface area contributed by atoms with Crippen molar-refractivity contribution in [3.63, 3.8) is 0 Å². The first kappa shape index (κ1) is 15.8. The van der Waals surface area contributed by atoms with Gasteiger partial charge in [-0.05, 0) is 25.2 Å². The summed E-state index contributed by atoms with van der Waals surface area (Å²) in [6.07, 6.45) is 9.04. The number of hydrogen-bond acceptors (Lipinski definition) is 6. The lowest BCUT2D eigenvalue weighted by Crippen LogP contribution is -2.11. The molecule has 1 aromatic heterocycles. The van der Waals surface area contributed by atoms with Crippen LogP contribution in [0.2, 0.25) is 0 Å². The summed E-state index contributed by atoms with van der Waals surface area (Å²) < 4.78 is 5.48. The summed E-state index contributed by atoms with van der Waals surface area (Å²) in [6.45, 7) is 3.58. The molecule has 1 heterocycles. The average Bonchev–Trinajstić information content (AvgIpc) is 3.02. The van der Waals surface area contributed by atoms with Crippen molar-refractivity contribution in [1.82, 2.24) is 15.0 Å². The zero-order valence-corrected chi connectivity index (χ0v) is 13.2. The first-order valence-corrected chi connectivity index (χ1v) is 8.12. The summed E-state index contributed by atoms with van der Waals surface area (Å²) >= 11 is 0. The van der Waals surface area contributed by atoms with E-state index < -0.39 is 0 Å². The third-order valence-electron chi connectivity index (χ3n) is 3.82. The Balaban J connectivity index is 1.80. The summed E-state index contributed by atoms with van der Waals surface area (Å²) in [4.78, 5) is 12.8. The predicted molar refractivity (Wildman–Crippen MR) is 84.8 cm³/mol. The van der Waals surface area contributed by atoms with Crippen LogP contribution in [-0.4, -0.2) is 35.2 Å². The molecule has 0 aliphatic heterocycles. The van der Waals surface area contributed by atoms with Crippen LogP contribution in [-0.2, 0) is 0 Å². The highest BCUT2D eigenvalue weighted by atomic mass is 16.5. The molecule has 0 amide bonds. The summed E-state index contributed by atoms with van der Waals surface area (Å²) in [5.41, 5.74) is 0. The number of ether oxygens (including phenoxy) is 1. The molecule has 1 aliphatic carbocycles. The van der Waals surface area contributed by atoms with E-state index >= 15 is 0 Å². The number of rotatable bonds is 9. The molecule has 6 heteroatoms.